The Bertz CT molecular complexity index is 766. The third-order valence-corrected chi connectivity index (χ3v) is 5.17. The Balaban J connectivity index is 1.38. The van der Waals surface area contributed by atoms with E-state index in [-0.39, 0.29) is 24.1 Å². The van der Waals surface area contributed by atoms with Crippen molar-refractivity contribution in [3.8, 4) is 0 Å². The largest absolute Gasteiger partial charge is 0.455 e. The van der Waals surface area contributed by atoms with E-state index in [0.717, 1.165) is 10.6 Å². The van der Waals surface area contributed by atoms with Crippen molar-refractivity contribution in [2.75, 3.05) is 43.4 Å². The predicted molar refractivity (Wildman–Crippen MR) is 101 cm³/mol. The summed E-state index contributed by atoms with van der Waals surface area (Å²) >= 11 is 1.34. The molecular formula is C19H20FN3O3S. The summed E-state index contributed by atoms with van der Waals surface area (Å²) in [6.07, 6.45) is 3.31. The van der Waals surface area contributed by atoms with E-state index in [1.165, 1.54) is 23.9 Å². The van der Waals surface area contributed by atoms with Crippen LogP contribution >= 0.6 is 11.8 Å². The number of ether oxygens (including phenoxy) is 1. The minimum absolute atomic E-state index is 0.148. The molecule has 1 amide bonds. The van der Waals surface area contributed by atoms with Crippen molar-refractivity contribution < 1.29 is 18.7 Å². The van der Waals surface area contributed by atoms with Crippen molar-refractivity contribution in [2.45, 2.75) is 4.90 Å². The molecule has 2 aromatic rings. The van der Waals surface area contributed by atoms with Crippen LogP contribution in [-0.2, 0) is 14.3 Å². The van der Waals surface area contributed by atoms with Crippen molar-refractivity contribution in [3.05, 3.63) is 54.6 Å². The number of carbonyl (C=O) groups excluding carboxylic acids is 2. The van der Waals surface area contributed by atoms with Gasteiger partial charge in [0.05, 0.1) is 5.75 Å². The normalized spacial score (nSPS) is 14.1. The zero-order valence-electron chi connectivity index (χ0n) is 14.7. The molecule has 0 aliphatic carbocycles. The van der Waals surface area contributed by atoms with Crippen LogP contribution in [0, 0.1) is 5.82 Å². The lowest BCUT2D eigenvalue weighted by Gasteiger charge is -2.36. The molecule has 1 aliphatic heterocycles. The Kier molecular flexibility index (Phi) is 6.64. The van der Waals surface area contributed by atoms with Crippen LogP contribution in [0.4, 0.5) is 10.1 Å². The third-order valence-electron chi connectivity index (χ3n) is 4.19. The maximum Gasteiger partial charge on any atom is 0.316 e. The van der Waals surface area contributed by atoms with Gasteiger partial charge in [-0.1, -0.05) is 0 Å². The molecule has 1 aliphatic rings. The van der Waals surface area contributed by atoms with Crippen LogP contribution in [-0.4, -0.2) is 60.3 Å². The lowest BCUT2D eigenvalue weighted by Crippen LogP contribution is -2.50. The van der Waals surface area contributed by atoms with Crippen LogP contribution in [0.1, 0.15) is 0 Å². The van der Waals surface area contributed by atoms with Gasteiger partial charge in [-0.15, -0.1) is 11.8 Å². The summed E-state index contributed by atoms with van der Waals surface area (Å²) in [4.78, 5) is 32.6. The molecule has 1 fully saturated rings. The molecule has 27 heavy (non-hydrogen) atoms. The van der Waals surface area contributed by atoms with Gasteiger partial charge in [0.1, 0.15) is 5.82 Å². The lowest BCUT2D eigenvalue weighted by atomic mass is 10.2. The highest BCUT2D eigenvalue weighted by molar-refractivity contribution is 8.00. The number of nitrogens with zero attached hydrogens (tertiary/aromatic N) is 3. The molecule has 2 heterocycles. The molecule has 1 aromatic carbocycles. The van der Waals surface area contributed by atoms with Gasteiger partial charge >= 0.3 is 5.97 Å². The fourth-order valence-corrected chi connectivity index (χ4v) is 3.40. The molecule has 0 atom stereocenters. The molecule has 0 unspecified atom stereocenters. The Morgan fingerprint density at radius 1 is 1.04 bits per heavy atom. The summed E-state index contributed by atoms with van der Waals surface area (Å²) in [6, 6.07) is 9.93. The summed E-state index contributed by atoms with van der Waals surface area (Å²) < 4.78 is 18.1. The molecular weight excluding hydrogens is 369 g/mol. The average molecular weight is 389 g/mol. The van der Waals surface area contributed by atoms with Gasteiger partial charge in [-0.3, -0.25) is 14.6 Å². The van der Waals surface area contributed by atoms with E-state index in [9.17, 15) is 14.0 Å². The van der Waals surface area contributed by atoms with Crippen LogP contribution in [0.5, 0.6) is 0 Å². The van der Waals surface area contributed by atoms with E-state index in [1.807, 2.05) is 12.1 Å². The Morgan fingerprint density at radius 3 is 2.37 bits per heavy atom. The molecule has 6 nitrogen and oxygen atoms in total. The minimum Gasteiger partial charge on any atom is -0.455 e. The number of rotatable bonds is 6. The molecule has 3 rings (SSSR count). The molecule has 0 bridgehead atoms. The molecule has 0 N–H and O–H groups in total. The van der Waals surface area contributed by atoms with E-state index < -0.39 is 5.97 Å². The van der Waals surface area contributed by atoms with Gasteiger partial charge < -0.3 is 14.5 Å². The quantitative estimate of drug-likeness (QED) is 0.558. The van der Waals surface area contributed by atoms with Crippen LogP contribution in [0.2, 0.25) is 0 Å². The number of piperazine rings is 1. The second-order valence-electron chi connectivity index (χ2n) is 5.98. The van der Waals surface area contributed by atoms with Gasteiger partial charge in [-0.25, -0.2) is 4.39 Å². The number of amides is 1. The number of hydrogen-bond donors (Lipinski definition) is 0. The number of hydrogen-bond acceptors (Lipinski definition) is 6. The smallest absolute Gasteiger partial charge is 0.316 e. The fourth-order valence-electron chi connectivity index (χ4n) is 2.72. The van der Waals surface area contributed by atoms with Crippen molar-refractivity contribution >= 4 is 29.3 Å². The first-order valence-electron chi connectivity index (χ1n) is 8.58. The van der Waals surface area contributed by atoms with Crippen molar-refractivity contribution in [1.82, 2.24) is 9.88 Å². The number of aromatic nitrogens is 1. The van der Waals surface area contributed by atoms with Crippen molar-refractivity contribution in [3.63, 3.8) is 0 Å². The summed E-state index contributed by atoms with van der Waals surface area (Å²) in [6.45, 7) is 2.15. The van der Waals surface area contributed by atoms with Crippen LogP contribution in [0.3, 0.4) is 0 Å². The van der Waals surface area contributed by atoms with Crippen LogP contribution < -0.4 is 4.90 Å². The number of halogens is 1. The Morgan fingerprint density at radius 2 is 1.70 bits per heavy atom. The number of esters is 1. The Hall–Kier alpha value is -2.61. The van der Waals surface area contributed by atoms with Gasteiger partial charge in [0.15, 0.2) is 6.61 Å². The minimum atomic E-state index is -0.421. The first-order valence-corrected chi connectivity index (χ1v) is 9.57. The fraction of sp³-hybridized carbons (Fsp3) is 0.316. The summed E-state index contributed by atoms with van der Waals surface area (Å²) in [5.74, 6) is -0.738. The van der Waals surface area contributed by atoms with E-state index >= 15 is 0 Å². The number of carbonyl (C=O) groups is 2. The van der Waals surface area contributed by atoms with Crippen molar-refractivity contribution in [1.29, 1.82) is 0 Å². The molecule has 0 spiro atoms. The van der Waals surface area contributed by atoms with Gasteiger partial charge in [0, 0.05) is 49.2 Å². The van der Waals surface area contributed by atoms with Gasteiger partial charge in [-0.05, 0) is 36.4 Å². The zero-order chi connectivity index (χ0) is 19.1. The molecule has 0 saturated carbocycles. The Labute approximate surface area is 161 Å². The first-order chi connectivity index (χ1) is 13.1. The van der Waals surface area contributed by atoms with Gasteiger partial charge in [-0.2, -0.15) is 0 Å². The standard InChI is InChI=1S/C19H20FN3O3S/c20-15-1-3-16(4-2-15)22-9-11-23(12-10-22)18(24)13-26-19(25)14-27-17-5-7-21-8-6-17/h1-8H,9-14H2. The second-order valence-corrected chi connectivity index (χ2v) is 7.03. The molecule has 142 valence electrons. The number of anilines is 1. The van der Waals surface area contributed by atoms with Crippen LogP contribution in [0.25, 0.3) is 0 Å². The highest BCUT2D eigenvalue weighted by Crippen LogP contribution is 2.18. The SMILES string of the molecule is O=C(CSc1ccncc1)OCC(=O)N1CCN(c2ccc(F)cc2)CC1. The highest BCUT2D eigenvalue weighted by atomic mass is 32.2. The highest BCUT2D eigenvalue weighted by Gasteiger charge is 2.22. The van der Waals surface area contributed by atoms with E-state index in [4.69, 9.17) is 4.74 Å². The number of benzene rings is 1. The lowest BCUT2D eigenvalue weighted by molar-refractivity contribution is -0.150. The molecule has 1 saturated heterocycles. The topological polar surface area (TPSA) is 62.7 Å². The summed E-state index contributed by atoms with van der Waals surface area (Å²) in [5.41, 5.74) is 0.933. The molecule has 8 heteroatoms. The molecule has 0 radical (unpaired) electrons. The van der Waals surface area contributed by atoms with Gasteiger partial charge in [0.25, 0.3) is 5.91 Å². The first kappa shape index (κ1) is 19.2. The maximum absolute atomic E-state index is 13.0. The van der Waals surface area contributed by atoms with Crippen LogP contribution in [0.15, 0.2) is 53.7 Å². The van der Waals surface area contributed by atoms with E-state index in [2.05, 4.69) is 9.88 Å². The summed E-state index contributed by atoms with van der Waals surface area (Å²) in [7, 11) is 0. The number of pyridine rings is 1. The second kappa shape index (κ2) is 9.36. The number of thioether (sulfide) groups is 1. The average Bonchev–Trinajstić information content (AvgIpc) is 2.72. The molecule has 1 aromatic heterocycles. The monoisotopic (exact) mass is 389 g/mol. The third kappa shape index (κ3) is 5.68. The van der Waals surface area contributed by atoms with E-state index in [0.29, 0.717) is 26.2 Å². The predicted octanol–water partition coefficient (Wildman–Crippen LogP) is 2.20. The zero-order valence-corrected chi connectivity index (χ0v) is 15.5. The maximum atomic E-state index is 13.0. The van der Waals surface area contributed by atoms with E-state index in [1.54, 1.807) is 29.4 Å². The van der Waals surface area contributed by atoms with Crippen molar-refractivity contribution in [2.24, 2.45) is 0 Å². The van der Waals surface area contributed by atoms with Gasteiger partial charge in [0.2, 0.25) is 0 Å². The summed E-state index contributed by atoms with van der Waals surface area (Å²) in [5, 5.41) is 0.